The molecule has 156 valence electrons. The number of para-hydroxylation sites is 1. The average Bonchev–Trinajstić information content (AvgIpc) is 2.74. The number of anilines is 1. The van der Waals surface area contributed by atoms with Gasteiger partial charge in [0.2, 0.25) is 5.91 Å². The summed E-state index contributed by atoms with van der Waals surface area (Å²) < 4.78 is 14.0. The summed E-state index contributed by atoms with van der Waals surface area (Å²) in [6.45, 7) is 9.35. The van der Waals surface area contributed by atoms with Crippen molar-refractivity contribution in [3.05, 3.63) is 65.5 Å². The second kappa shape index (κ2) is 9.88. The fraction of sp³-hybridized carbons (Fsp3) is 0.458. The summed E-state index contributed by atoms with van der Waals surface area (Å²) in [5, 5.41) is 3.46. The van der Waals surface area contributed by atoms with E-state index in [0.29, 0.717) is 44.3 Å². The second-order valence-electron chi connectivity index (χ2n) is 8.02. The molecule has 2 aromatic carbocycles. The molecule has 2 aromatic rings. The normalized spacial score (nSPS) is 15.6. The number of hydrogen-bond donors (Lipinski definition) is 1. The number of halogens is 1. The minimum atomic E-state index is -0.206. The molecule has 1 aliphatic heterocycles. The number of carbonyl (C=O) groups excluding carboxylic acids is 1. The fourth-order valence-electron chi connectivity index (χ4n) is 3.91. The lowest BCUT2D eigenvalue weighted by atomic mass is 9.95. The van der Waals surface area contributed by atoms with Crippen LogP contribution in [-0.2, 0) is 11.2 Å². The zero-order valence-corrected chi connectivity index (χ0v) is 17.7. The van der Waals surface area contributed by atoms with Gasteiger partial charge in [-0.2, -0.15) is 0 Å². The molecule has 0 saturated carbocycles. The zero-order chi connectivity index (χ0) is 20.8. The molecule has 4 nitrogen and oxygen atoms in total. The molecule has 29 heavy (non-hydrogen) atoms. The first-order valence-corrected chi connectivity index (χ1v) is 10.6. The van der Waals surface area contributed by atoms with Crippen LogP contribution in [0, 0.1) is 11.7 Å². The van der Waals surface area contributed by atoms with Crippen LogP contribution in [-0.4, -0.2) is 43.5 Å². The van der Waals surface area contributed by atoms with Crippen molar-refractivity contribution < 1.29 is 9.18 Å². The van der Waals surface area contributed by atoms with Crippen LogP contribution in [0.2, 0.25) is 0 Å². The minimum absolute atomic E-state index is 0.106. The third-order valence-corrected chi connectivity index (χ3v) is 5.71. The number of piperazine rings is 1. The van der Waals surface area contributed by atoms with Gasteiger partial charge in [-0.25, -0.2) is 4.39 Å². The first kappa shape index (κ1) is 21.3. The number of amides is 1. The van der Waals surface area contributed by atoms with Gasteiger partial charge in [0, 0.05) is 32.2 Å². The largest absolute Gasteiger partial charge is 0.366 e. The number of nitrogens with one attached hydrogen (secondary N) is 1. The maximum atomic E-state index is 14.0. The Morgan fingerprint density at radius 2 is 1.69 bits per heavy atom. The molecule has 0 radical (unpaired) electrons. The molecule has 1 aliphatic rings. The van der Waals surface area contributed by atoms with E-state index in [-0.39, 0.29) is 17.8 Å². The van der Waals surface area contributed by atoms with E-state index >= 15 is 0 Å². The van der Waals surface area contributed by atoms with Gasteiger partial charge in [-0.05, 0) is 35.6 Å². The standard InChI is InChI=1S/C24H32FN3O/c1-4-19-9-11-20(12-10-19)24(18(2)3)26-17-23(29)28-15-13-27(14-16-28)22-8-6-5-7-21(22)25/h5-12,18,24,26H,4,13-17H2,1-3H3/t24-/m0/s1. The van der Waals surface area contributed by atoms with E-state index in [4.69, 9.17) is 0 Å². The molecule has 1 saturated heterocycles. The van der Waals surface area contributed by atoms with Crippen LogP contribution in [0.1, 0.15) is 37.9 Å². The maximum absolute atomic E-state index is 14.0. The smallest absolute Gasteiger partial charge is 0.236 e. The van der Waals surface area contributed by atoms with Crippen molar-refractivity contribution in [2.45, 2.75) is 33.2 Å². The number of nitrogens with zero attached hydrogens (tertiary/aromatic N) is 2. The highest BCUT2D eigenvalue weighted by Crippen LogP contribution is 2.23. The molecule has 1 N–H and O–H groups in total. The molecule has 5 heteroatoms. The van der Waals surface area contributed by atoms with Gasteiger partial charge in [0.05, 0.1) is 12.2 Å². The molecule has 0 aliphatic carbocycles. The number of hydrogen-bond acceptors (Lipinski definition) is 3. The van der Waals surface area contributed by atoms with Crippen molar-refractivity contribution in [3.63, 3.8) is 0 Å². The molecule has 1 fully saturated rings. The first-order chi connectivity index (χ1) is 14.0. The number of aryl methyl sites for hydroxylation is 1. The fourth-order valence-corrected chi connectivity index (χ4v) is 3.91. The summed E-state index contributed by atoms with van der Waals surface area (Å²) in [6, 6.07) is 15.6. The van der Waals surface area contributed by atoms with Gasteiger partial charge in [0.15, 0.2) is 0 Å². The Kier molecular flexibility index (Phi) is 7.26. The molecule has 1 heterocycles. The van der Waals surface area contributed by atoms with Crippen LogP contribution in [0.15, 0.2) is 48.5 Å². The van der Waals surface area contributed by atoms with Gasteiger partial charge in [0.1, 0.15) is 5.82 Å². The first-order valence-electron chi connectivity index (χ1n) is 10.6. The number of benzene rings is 2. The van der Waals surface area contributed by atoms with Crippen molar-refractivity contribution >= 4 is 11.6 Å². The summed E-state index contributed by atoms with van der Waals surface area (Å²) in [5.41, 5.74) is 3.16. The number of rotatable bonds is 7. The highest BCUT2D eigenvalue weighted by Gasteiger charge is 2.24. The van der Waals surface area contributed by atoms with Gasteiger partial charge in [-0.3, -0.25) is 4.79 Å². The lowest BCUT2D eigenvalue weighted by molar-refractivity contribution is -0.130. The molecule has 3 rings (SSSR count). The van der Waals surface area contributed by atoms with E-state index in [1.54, 1.807) is 12.1 Å². The Labute approximate surface area is 173 Å². The van der Waals surface area contributed by atoms with Crippen molar-refractivity contribution in [1.29, 1.82) is 0 Å². The highest BCUT2D eigenvalue weighted by atomic mass is 19.1. The quantitative estimate of drug-likeness (QED) is 0.766. The van der Waals surface area contributed by atoms with Crippen molar-refractivity contribution in [2.75, 3.05) is 37.6 Å². The van der Waals surface area contributed by atoms with E-state index in [1.165, 1.54) is 17.2 Å². The summed E-state index contributed by atoms with van der Waals surface area (Å²) in [4.78, 5) is 16.6. The zero-order valence-electron chi connectivity index (χ0n) is 17.7. The lowest BCUT2D eigenvalue weighted by Gasteiger charge is -2.36. The van der Waals surface area contributed by atoms with Gasteiger partial charge >= 0.3 is 0 Å². The average molecular weight is 398 g/mol. The molecule has 0 aromatic heterocycles. The molecule has 0 bridgehead atoms. The third kappa shape index (κ3) is 5.36. The predicted molar refractivity (Wildman–Crippen MR) is 117 cm³/mol. The molecule has 1 atom stereocenters. The third-order valence-electron chi connectivity index (χ3n) is 5.71. The monoisotopic (exact) mass is 397 g/mol. The van der Waals surface area contributed by atoms with Crippen LogP contribution in [0.3, 0.4) is 0 Å². The van der Waals surface area contributed by atoms with Crippen LogP contribution in [0.4, 0.5) is 10.1 Å². The Bertz CT molecular complexity index is 798. The molecule has 0 unspecified atom stereocenters. The number of carbonyl (C=O) groups is 1. The predicted octanol–water partition coefficient (Wildman–Crippen LogP) is 4.02. The van der Waals surface area contributed by atoms with Gasteiger partial charge in [-0.1, -0.05) is 57.2 Å². The molecular formula is C24H32FN3O. The van der Waals surface area contributed by atoms with Crippen molar-refractivity contribution in [3.8, 4) is 0 Å². The van der Waals surface area contributed by atoms with Crippen LogP contribution in [0.25, 0.3) is 0 Å². The molecule has 1 amide bonds. The minimum Gasteiger partial charge on any atom is -0.366 e. The van der Waals surface area contributed by atoms with Crippen LogP contribution in [0.5, 0.6) is 0 Å². The highest BCUT2D eigenvalue weighted by molar-refractivity contribution is 5.78. The Morgan fingerprint density at radius 3 is 2.28 bits per heavy atom. The Morgan fingerprint density at radius 1 is 1.03 bits per heavy atom. The van der Waals surface area contributed by atoms with E-state index in [9.17, 15) is 9.18 Å². The van der Waals surface area contributed by atoms with Gasteiger partial charge in [-0.15, -0.1) is 0 Å². The second-order valence-corrected chi connectivity index (χ2v) is 8.02. The Hall–Kier alpha value is -2.40. The SMILES string of the molecule is CCc1ccc([C@@H](NCC(=O)N2CCN(c3ccccc3F)CC2)C(C)C)cc1. The van der Waals surface area contributed by atoms with E-state index < -0.39 is 0 Å². The van der Waals surface area contributed by atoms with E-state index in [2.05, 4.69) is 50.4 Å². The van der Waals surface area contributed by atoms with E-state index in [0.717, 1.165) is 6.42 Å². The van der Waals surface area contributed by atoms with Gasteiger partial charge < -0.3 is 15.1 Å². The maximum Gasteiger partial charge on any atom is 0.236 e. The molecule has 0 spiro atoms. The summed E-state index contributed by atoms with van der Waals surface area (Å²) >= 11 is 0. The topological polar surface area (TPSA) is 35.6 Å². The van der Waals surface area contributed by atoms with E-state index in [1.807, 2.05) is 15.9 Å². The Balaban J connectivity index is 1.53. The summed E-state index contributed by atoms with van der Waals surface area (Å²) in [7, 11) is 0. The summed E-state index contributed by atoms with van der Waals surface area (Å²) in [5.74, 6) is 0.282. The van der Waals surface area contributed by atoms with Gasteiger partial charge in [0.25, 0.3) is 0 Å². The summed E-state index contributed by atoms with van der Waals surface area (Å²) in [6.07, 6.45) is 1.03. The van der Waals surface area contributed by atoms with Crippen molar-refractivity contribution in [2.24, 2.45) is 5.92 Å². The van der Waals surface area contributed by atoms with Crippen LogP contribution < -0.4 is 10.2 Å². The van der Waals surface area contributed by atoms with Crippen LogP contribution >= 0.6 is 0 Å². The van der Waals surface area contributed by atoms with Crippen molar-refractivity contribution in [1.82, 2.24) is 10.2 Å². The molecular weight excluding hydrogens is 365 g/mol. The lowest BCUT2D eigenvalue weighted by Crippen LogP contribution is -2.51.